The van der Waals surface area contributed by atoms with Crippen molar-refractivity contribution in [1.82, 2.24) is 5.32 Å². The van der Waals surface area contributed by atoms with Crippen LogP contribution in [-0.2, 0) is 18.4 Å². The Morgan fingerprint density at radius 1 is 0.569 bits per heavy atom. The molecule has 1 amide bonds. The Balaban J connectivity index is 4.24. The molecule has 0 radical (unpaired) electrons. The number of amides is 1. The normalized spacial score (nSPS) is 14.4. The SMILES string of the molecule is CCCCCCCCCC/C=C\CCCCCCCCCCCCCC(=O)NC(COP(=O)(O)OCC[N+](C)(C)C)C(O)/C=C/CCCCCCCCCCCCC. The molecule has 3 N–H and O–H groups in total. The molecule has 0 rings (SSSR count). The maximum Gasteiger partial charge on any atom is 0.472 e. The highest BCUT2D eigenvalue weighted by Crippen LogP contribution is 2.43. The number of hydrogen-bond donors (Lipinski definition) is 3. The van der Waals surface area contributed by atoms with Crippen molar-refractivity contribution in [3.05, 3.63) is 24.3 Å². The van der Waals surface area contributed by atoms with Gasteiger partial charge in [0.1, 0.15) is 13.2 Å². The molecule has 0 aromatic heterocycles. The average molecular weight is 842 g/mol. The molecule has 9 heteroatoms. The van der Waals surface area contributed by atoms with Gasteiger partial charge in [-0.2, -0.15) is 0 Å². The van der Waals surface area contributed by atoms with Gasteiger partial charge in [0, 0.05) is 6.42 Å². The smallest absolute Gasteiger partial charge is 0.387 e. The zero-order valence-corrected chi connectivity index (χ0v) is 39.9. The Kier molecular flexibility index (Phi) is 40.6. The van der Waals surface area contributed by atoms with Crippen molar-refractivity contribution in [2.75, 3.05) is 40.9 Å². The fourth-order valence-corrected chi connectivity index (χ4v) is 7.95. The van der Waals surface area contributed by atoms with Crippen molar-refractivity contribution >= 4 is 13.7 Å². The summed E-state index contributed by atoms with van der Waals surface area (Å²) in [5.74, 6) is -0.177. The van der Waals surface area contributed by atoms with Crippen LogP contribution in [0, 0.1) is 0 Å². The second-order valence-electron chi connectivity index (χ2n) is 18.2. The summed E-state index contributed by atoms with van der Waals surface area (Å²) in [5.41, 5.74) is 0. The van der Waals surface area contributed by atoms with Crippen molar-refractivity contribution in [2.24, 2.45) is 0 Å². The number of carbonyl (C=O) groups is 1. The van der Waals surface area contributed by atoms with Crippen LogP contribution in [0.5, 0.6) is 0 Å². The molecule has 0 saturated carbocycles. The molecule has 0 saturated heterocycles. The topological polar surface area (TPSA) is 105 Å². The summed E-state index contributed by atoms with van der Waals surface area (Å²) in [6, 6.07) is -0.843. The molecule has 3 atom stereocenters. The molecule has 8 nitrogen and oxygen atoms in total. The van der Waals surface area contributed by atoms with E-state index in [2.05, 4.69) is 31.3 Å². The van der Waals surface area contributed by atoms with Gasteiger partial charge in [0.2, 0.25) is 5.91 Å². The van der Waals surface area contributed by atoms with Gasteiger partial charge >= 0.3 is 7.82 Å². The van der Waals surface area contributed by atoms with Gasteiger partial charge in [-0.15, -0.1) is 0 Å². The largest absolute Gasteiger partial charge is 0.472 e. The molecule has 0 aliphatic carbocycles. The number of nitrogens with one attached hydrogen (secondary N) is 1. The molecule has 0 aliphatic heterocycles. The number of phosphoric acid groups is 1. The third kappa shape index (κ3) is 43.1. The van der Waals surface area contributed by atoms with Gasteiger partial charge in [-0.1, -0.05) is 205 Å². The Morgan fingerprint density at radius 2 is 0.931 bits per heavy atom. The number of allylic oxidation sites excluding steroid dienone is 3. The summed E-state index contributed by atoms with van der Waals surface area (Å²) in [7, 11) is 1.58. The number of hydrogen-bond acceptors (Lipinski definition) is 5. The maximum atomic E-state index is 12.9. The summed E-state index contributed by atoms with van der Waals surface area (Å²) in [6.45, 7) is 4.82. The summed E-state index contributed by atoms with van der Waals surface area (Å²) in [6.07, 6.45) is 49.7. The van der Waals surface area contributed by atoms with Crippen molar-refractivity contribution in [2.45, 2.75) is 244 Å². The zero-order chi connectivity index (χ0) is 42.8. The standard InChI is InChI=1S/C49H97N2O6P/c1-6-8-10-12-14-16-18-20-21-22-23-24-25-26-27-28-29-31-33-35-37-39-41-43-49(53)50-47(46-57-58(54,55)56-45-44-51(3,4)5)48(52)42-40-38-36-34-32-30-19-17-15-13-11-9-7-2/h22-23,40,42,47-48,52H,6-21,24-39,41,43-46H2,1-5H3,(H-,50,53,54,55)/p+1/b23-22-,42-40+. The van der Waals surface area contributed by atoms with Crippen molar-refractivity contribution in [1.29, 1.82) is 0 Å². The van der Waals surface area contributed by atoms with E-state index >= 15 is 0 Å². The number of aliphatic hydroxyl groups excluding tert-OH is 1. The van der Waals surface area contributed by atoms with Crippen LogP contribution in [0.1, 0.15) is 232 Å². The summed E-state index contributed by atoms with van der Waals surface area (Å²) < 4.78 is 23.6. The minimum absolute atomic E-state index is 0.0628. The predicted octanol–water partition coefficient (Wildman–Crippen LogP) is 14.1. The van der Waals surface area contributed by atoms with Crippen LogP contribution >= 0.6 is 7.82 Å². The highest BCUT2D eigenvalue weighted by atomic mass is 31.2. The van der Waals surface area contributed by atoms with Gasteiger partial charge in [-0.25, -0.2) is 4.57 Å². The molecule has 0 spiro atoms. The highest BCUT2D eigenvalue weighted by Gasteiger charge is 2.27. The second kappa shape index (κ2) is 41.3. The lowest BCUT2D eigenvalue weighted by Crippen LogP contribution is -2.45. The monoisotopic (exact) mass is 842 g/mol. The number of rotatable bonds is 45. The van der Waals surface area contributed by atoms with Gasteiger partial charge in [-0.3, -0.25) is 13.8 Å². The Labute approximate surface area is 360 Å². The number of aliphatic hydroxyl groups is 1. The van der Waals surface area contributed by atoms with E-state index in [9.17, 15) is 19.4 Å². The van der Waals surface area contributed by atoms with Crippen LogP contribution in [0.2, 0.25) is 0 Å². The minimum Gasteiger partial charge on any atom is -0.387 e. The fourth-order valence-electron chi connectivity index (χ4n) is 7.21. The highest BCUT2D eigenvalue weighted by molar-refractivity contribution is 7.47. The molecule has 0 fully saturated rings. The van der Waals surface area contributed by atoms with E-state index in [-0.39, 0.29) is 19.1 Å². The Hall–Kier alpha value is -1.02. The van der Waals surface area contributed by atoms with E-state index in [1.165, 1.54) is 173 Å². The average Bonchev–Trinajstić information content (AvgIpc) is 3.17. The fraction of sp³-hybridized carbons (Fsp3) is 0.898. The number of likely N-dealkylation sites (N-methyl/N-ethyl adjacent to an activating group) is 1. The Bertz CT molecular complexity index is 1000. The van der Waals surface area contributed by atoms with Crippen LogP contribution < -0.4 is 5.32 Å². The maximum absolute atomic E-state index is 12.9. The van der Waals surface area contributed by atoms with E-state index < -0.39 is 20.0 Å². The first-order valence-corrected chi connectivity index (χ1v) is 26.2. The molecule has 0 bridgehead atoms. The Morgan fingerprint density at radius 3 is 1.33 bits per heavy atom. The third-order valence-electron chi connectivity index (χ3n) is 11.2. The quantitative estimate of drug-likeness (QED) is 0.0244. The lowest BCUT2D eigenvalue weighted by Gasteiger charge is -2.25. The molecular weight excluding hydrogens is 744 g/mol. The number of phosphoric ester groups is 1. The van der Waals surface area contributed by atoms with E-state index in [1.54, 1.807) is 6.08 Å². The van der Waals surface area contributed by atoms with Crippen molar-refractivity contribution in [3.63, 3.8) is 0 Å². The first kappa shape index (κ1) is 57.0. The second-order valence-corrected chi connectivity index (χ2v) is 19.6. The first-order valence-electron chi connectivity index (χ1n) is 24.7. The van der Waals surface area contributed by atoms with Gasteiger partial charge < -0.3 is 19.8 Å². The third-order valence-corrected chi connectivity index (χ3v) is 12.1. The first-order chi connectivity index (χ1) is 28.0. The minimum atomic E-state index is -4.34. The van der Waals surface area contributed by atoms with Crippen LogP contribution in [-0.4, -0.2) is 73.4 Å². The number of nitrogens with zero attached hydrogens (tertiary/aromatic N) is 1. The van der Waals surface area contributed by atoms with E-state index in [0.717, 1.165) is 38.5 Å². The predicted molar refractivity (Wildman–Crippen MR) is 249 cm³/mol. The van der Waals surface area contributed by atoms with E-state index in [1.807, 2.05) is 27.2 Å². The number of carbonyl (C=O) groups excluding carboxylic acids is 1. The summed E-state index contributed by atoms with van der Waals surface area (Å²) >= 11 is 0. The molecule has 344 valence electrons. The number of unbranched alkanes of at least 4 members (excludes halogenated alkanes) is 30. The van der Waals surface area contributed by atoms with Crippen molar-refractivity contribution < 1.29 is 32.9 Å². The molecule has 3 unspecified atom stereocenters. The summed E-state index contributed by atoms with van der Waals surface area (Å²) in [4.78, 5) is 23.2. The van der Waals surface area contributed by atoms with Gasteiger partial charge in [0.05, 0.1) is 39.9 Å². The lowest BCUT2D eigenvalue weighted by atomic mass is 10.0. The summed E-state index contributed by atoms with van der Waals surface area (Å²) in [5, 5.41) is 13.8. The molecule has 0 aromatic rings. The van der Waals surface area contributed by atoms with Crippen LogP contribution in [0.3, 0.4) is 0 Å². The van der Waals surface area contributed by atoms with Gasteiger partial charge in [0.15, 0.2) is 0 Å². The van der Waals surface area contributed by atoms with Gasteiger partial charge in [-0.05, 0) is 44.9 Å². The zero-order valence-electron chi connectivity index (χ0n) is 39.0. The number of quaternary nitrogens is 1. The van der Waals surface area contributed by atoms with Crippen LogP contribution in [0.4, 0.5) is 0 Å². The lowest BCUT2D eigenvalue weighted by molar-refractivity contribution is -0.870. The molecule has 58 heavy (non-hydrogen) atoms. The molecule has 0 heterocycles. The molecule has 0 aliphatic rings. The van der Waals surface area contributed by atoms with Gasteiger partial charge in [0.25, 0.3) is 0 Å². The van der Waals surface area contributed by atoms with Crippen LogP contribution in [0.15, 0.2) is 24.3 Å². The van der Waals surface area contributed by atoms with E-state index in [0.29, 0.717) is 17.4 Å². The van der Waals surface area contributed by atoms with Crippen LogP contribution in [0.25, 0.3) is 0 Å². The van der Waals surface area contributed by atoms with E-state index in [4.69, 9.17) is 9.05 Å². The molecular formula is C49H98N2O6P+. The van der Waals surface area contributed by atoms with Crippen molar-refractivity contribution in [3.8, 4) is 0 Å². The molecule has 0 aromatic carbocycles.